The summed E-state index contributed by atoms with van der Waals surface area (Å²) in [5.41, 5.74) is 2.50. The van der Waals surface area contributed by atoms with E-state index in [0.29, 0.717) is 11.1 Å². The minimum absolute atomic E-state index is 0.317. The smallest absolute Gasteiger partial charge is 0.191 e. The van der Waals surface area contributed by atoms with Crippen molar-refractivity contribution in [3.05, 3.63) is 59.4 Å². The van der Waals surface area contributed by atoms with Crippen LogP contribution in [0.15, 0.2) is 53.8 Å². The zero-order valence-corrected chi connectivity index (χ0v) is 16.7. The number of aliphatic imine (C=N–C) groups is 1. The van der Waals surface area contributed by atoms with Gasteiger partial charge in [0, 0.05) is 56.0 Å². The highest BCUT2D eigenvalue weighted by Gasteiger charge is 2.25. The first-order valence-electron chi connectivity index (χ1n) is 9.62. The molecule has 3 heterocycles. The molecule has 3 N–H and O–H groups in total. The van der Waals surface area contributed by atoms with E-state index in [4.69, 9.17) is 11.6 Å². The highest BCUT2D eigenvalue weighted by molar-refractivity contribution is 6.32. The number of guanidine groups is 1. The minimum Gasteiger partial charge on any atom is -0.361 e. The lowest BCUT2D eigenvalue weighted by Crippen LogP contribution is -2.45. The number of para-hydroxylation sites is 1. The molecule has 0 aliphatic carbocycles. The molecule has 1 saturated heterocycles. The molecule has 1 aliphatic rings. The van der Waals surface area contributed by atoms with Crippen molar-refractivity contribution in [2.75, 3.05) is 31.6 Å². The second kappa shape index (κ2) is 8.52. The number of aromatic nitrogens is 2. The summed E-state index contributed by atoms with van der Waals surface area (Å²) in [6.07, 6.45) is 5.84. The molecule has 0 saturated carbocycles. The number of rotatable bonds is 5. The van der Waals surface area contributed by atoms with E-state index < -0.39 is 0 Å². The van der Waals surface area contributed by atoms with Crippen molar-refractivity contribution in [1.82, 2.24) is 20.6 Å². The number of pyridine rings is 1. The van der Waals surface area contributed by atoms with Gasteiger partial charge in [0.05, 0.1) is 5.02 Å². The number of halogens is 1. The first-order valence-corrected chi connectivity index (χ1v) is 10.00. The summed E-state index contributed by atoms with van der Waals surface area (Å²) in [6, 6.07) is 12.4. The Kier molecular flexibility index (Phi) is 5.67. The molecule has 28 heavy (non-hydrogen) atoms. The van der Waals surface area contributed by atoms with Gasteiger partial charge in [0.1, 0.15) is 5.82 Å². The molecule has 0 bridgehead atoms. The summed E-state index contributed by atoms with van der Waals surface area (Å²) in [5, 5.41) is 8.93. The summed E-state index contributed by atoms with van der Waals surface area (Å²) in [4.78, 5) is 14.3. The third kappa shape index (κ3) is 4.07. The molecule has 146 valence electrons. The molecule has 3 aromatic rings. The highest BCUT2D eigenvalue weighted by atomic mass is 35.5. The Labute approximate surface area is 170 Å². The van der Waals surface area contributed by atoms with Crippen LogP contribution in [0, 0.1) is 0 Å². The van der Waals surface area contributed by atoms with Crippen molar-refractivity contribution < 1.29 is 0 Å². The Bertz CT molecular complexity index is 966. The third-order valence-corrected chi connectivity index (χ3v) is 5.45. The van der Waals surface area contributed by atoms with Crippen LogP contribution in [0.4, 0.5) is 5.82 Å². The lowest BCUT2D eigenvalue weighted by molar-refractivity contribution is 0.648. The summed E-state index contributed by atoms with van der Waals surface area (Å²) in [6.45, 7) is 2.62. The van der Waals surface area contributed by atoms with E-state index >= 15 is 0 Å². The quantitative estimate of drug-likeness (QED) is 0.457. The van der Waals surface area contributed by atoms with Crippen molar-refractivity contribution in [3.8, 4) is 0 Å². The van der Waals surface area contributed by atoms with Crippen LogP contribution < -0.4 is 15.5 Å². The fourth-order valence-corrected chi connectivity index (χ4v) is 3.96. The topological polar surface area (TPSA) is 68.3 Å². The van der Waals surface area contributed by atoms with E-state index in [2.05, 4.69) is 61.0 Å². The van der Waals surface area contributed by atoms with Crippen molar-refractivity contribution >= 4 is 34.3 Å². The molecule has 0 radical (unpaired) electrons. The lowest BCUT2D eigenvalue weighted by atomic mass is 10.1. The SMILES string of the molecule is CN=C(NCCc1c[nH]c2ccccc12)NC1CCN(c2ncccc2Cl)C1. The number of fused-ring (bicyclic) bond motifs is 1. The van der Waals surface area contributed by atoms with Crippen LogP contribution in [0.25, 0.3) is 10.9 Å². The van der Waals surface area contributed by atoms with Crippen LogP contribution in [0.3, 0.4) is 0 Å². The van der Waals surface area contributed by atoms with E-state index in [1.165, 1.54) is 16.5 Å². The van der Waals surface area contributed by atoms with E-state index in [1.807, 2.05) is 19.2 Å². The largest absolute Gasteiger partial charge is 0.361 e. The van der Waals surface area contributed by atoms with E-state index in [1.54, 1.807) is 6.20 Å². The Balaban J connectivity index is 1.29. The van der Waals surface area contributed by atoms with Crippen molar-refractivity contribution in [1.29, 1.82) is 0 Å². The number of H-pyrrole nitrogens is 1. The maximum atomic E-state index is 6.28. The van der Waals surface area contributed by atoms with Gasteiger partial charge in [-0.2, -0.15) is 0 Å². The zero-order valence-electron chi connectivity index (χ0n) is 16.0. The van der Waals surface area contributed by atoms with Crippen LogP contribution in [-0.2, 0) is 6.42 Å². The summed E-state index contributed by atoms with van der Waals surface area (Å²) in [5.74, 6) is 1.69. The summed E-state index contributed by atoms with van der Waals surface area (Å²) < 4.78 is 0. The molecule has 1 aromatic carbocycles. The molecule has 2 aromatic heterocycles. The predicted molar refractivity (Wildman–Crippen MR) is 116 cm³/mol. The standard InChI is InChI=1S/C21H25ClN6/c1-23-21(25-11-8-15-13-26-19-7-3-2-5-17(15)19)27-16-9-12-28(14-16)20-18(22)6-4-10-24-20/h2-7,10,13,16,26H,8-9,11-12,14H2,1H3,(H2,23,25,27). The van der Waals surface area contributed by atoms with Gasteiger partial charge in [0.2, 0.25) is 0 Å². The number of aromatic amines is 1. The van der Waals surface area contributed by atoms with Crippen molar-refractivity contribution in [3.63, 3.8) is 0 Å². The molecule has 6 nitrogen and oxygen atoms in total. The second-order valence-corrected chi connectivity index (χ2v) is 7.40. The van der Waals surface area contributed by atoms with Gasteiger partial charge in [-0.05, 0) is 36.6 Å². The van der Waals surface area contributed by atoms with Gasteiger partial charge in [-0.15, -0.1) is 0 Å². The molecule has 7 heteroatoms. The minimum atomic E-state index is 0.317. The van der Waals surface area contributed by atoms with Crippen LogP contribution in [0.1, 0.15) is 12.0 Å². The number of hydrogen-bond donors (Lipinski definition) is 3. The summed E-state index contributed by atoms with van der Waals surface area (Å²) >= 11 is 6.28. The fourth-order valence-electron chi connectivity index (χ4n) is 3.72. The van der Waals surface area contributed by atoms with Gasteiger partial charge in [-0.25, -0.2) is 4.98 Å². The molecule has 1 atom stereocenters. The number of nitrogens with one attached hydrogen (secondary N) is 3. The van der Waals surface area contributed by atoms with Crippen LogP contribution in [-0.4, -0.2) is 48.7 Å². The molecular weight excluding hydrogens is 372 g/mol. The monoisotopic (exact) mass is 396 g/mol. The Morgan fingerprint density at radius 1 is 1.32 bits per heavy atom. The van der Waals surface area contributed by atoms with Crippen LogP contribution >= 0.6 is 11.6 Å². The maximum Gasteiger partial charge on any atom is 0.191 e. The third-order valence-electron chi connectivity index (χ3n) is 5.15. The Hall–Kier alpha value is -2.73. The number of hydrogen-bond acceptors (Lipinski definition) is 3. The Morgan fingerprint density at radius 3 is 3.07 bits per heavy atom. The molecule has 1 unspecified atom stereocenters. The van der Waals surface area contributed by atoms with Gasteiger partial charge in [0.15, 0.2) is 5.96 Å². The fraction of sp³-hybridized carbons (Fsp3) is 0.333. The number of nitrogens with zero attached hydrogens (tertiary/aromatic N) is 3. The number of benzene rings is 1. The van der Waals surface area contributed by atoms with Gasteiger partial charge < -0.3 is 20.5 Å². The average Bonchev–Trinajstić information content (AvgIpc) is 3.35. The van der Waals surface area contributed by atoms with Crippen molar-refractivity contribution in [2.45, 2.75) is 18.9 Å². The molecular formula is C21H25ClN6. The molecule has 1 fully saturated rings. The van der Waals surface area contributed by atoms with Gasteiger partial charge in [-0.3, -0.25) is 4.99 Å². The van der Waals surface area contributed by atoms with E-state index in [0.717, 1.165) is 44.3 Å². The molecule has 0 amide bonds. The van der Waals surface area contributed by atoms with E-state index in [-0.39, 0.29) is 0 Å². The summed E-state index contributed by atoms with van der Waals surface area (Å²) in [7, 11) is 1.81. The van der Waals surface area contributed by atoms with Gasteiger partial charge >= 0.3 is 0 Å². The molecule has 4 rings (SSSR count). The van der Waals surface area contributed by atoms with Gasteiger partial charge in [0.25, 0.3) is 0 Å². The first-order chi connectivity index (χ1) is 13.7. The van der Waals surface area contributed by atoms with Gasteiger partial charge in [-0.1, -0.05) is 29.8 Å². The maximum absolute atomic E-state index is 6.28. The first kappa shape index (κ1) is 18.6. The Morgan fingerprint density at radius 2 is 2.21 bits per heavy atom. The normalized spacial score (nSPS) is 17.3. The van der Waals surface area contributed by atoms with Crippen molar-refractivity contribution in [2.24, 2.45) is 4.99 Å². The number of anilines is 1. The van der Waals surface area contributed by atoms with Crippen LogP contribution in [0.2, 0.25) is 5.02 Å². The molecule has 1 aliphatic heterocycles. The average molecular weight is 397 g/mol. The molecule has 0 spiro atoms. The zero-order chi connectivity index (χ0) is 19.3. The highest BCUT2D eigenvalue weighted by Crippen LogP contribution is 2.25. The predicted octanol–water partition coefficient (Wildman–Crippen LogP) is 3.20. The second-order valence-electron chi connectivity index (χ2n) is 6.99. The van der Waals surface area contributed by atoms with E-state index in [9.17, 15) is 0 Å². The lowest BCUT2D eigenvalue weighted by Gasteiger charge is -2.20. The van der Waals surface area contributed by atoms with Crippen LogP contribution in [0.5, 0.6) is 0 Å².